The van der Waals surface area contributed by atoms with Gasteiger partial charge in [-0.15, -0.1) is 0 Å². The first-order valence-electron chi connectivity index (χ1n) is 6.00. The molecule has 2 nitrogen and oxygen atoms in total. The number of carbonyl (C=O) groups is 1. The van der Waals surface area contributed by atoms with Crippen molar-refractivity contribution in [2.45, 2.75) is 0 Å². The molecule has 19 heavy (non-hydrogen) atoms. The third-order valence-electron chi connectivity index (χ3n) is 3.52. The van der Waals surface area contributed by atoms with Crippen molar-refractivity contribution >= 4 is 28.3 Å². The Balaban J connectivity index is 2.26. The largest absolute Gasteiger partial charge is 0.288 e. The molecule has 1 aliphatic carbocycles. The van der Waals surface area contributed by atoms with Gasteiger partial charge in [-0.1, -0.05) is 54.1 Å². The van der Waals surface area contributed by atoms with Crippen molar-refractivity contribution in [3.8, 4) is 11.1 Å². The summed E-state index contributed by atoms with van der Waals surface area (Å²) in [7, 11) is 0. The van der Waals surface area contributed by atoms with Crippen LogP contribution in [-0.4, -0.2) is 10.8 Å². The van der Waals surface area contributed by atoms with Gasteiger partial charge in [0.2, 0.25) is 0 Å². The second-order valence-corrected chi connectivity index (χ2v) is 4.90. The van der Waals surface area contributed by atoms with Gasteiger partial charge in [-0.2, -0.15) is 0 Å². The third-order valence-corrected chi connectivity index (χ3v) is 3.79. The molecule has 0 spiro atoms. The highest BCUT2D eigenvalue weighted by molar-refractivity contribution is 6.38. The summed E-state index contributed by atoms with van der Waals surface area (Å²) in [6.07, 6.45) is 0. The molecule has 0 N–H and O–H groups in total. The van der Waals surface area contributed by atoms with Crippen molar-refractivity contribution in [1.29, 1.82) is 0 Å². The van der Waals surface area contributed by atoms with Crippen molar-refractivity contribution in [3.63, 3.8) is 0 Å². The molecule has 0 saturated carbocycles. The lowest BCUT2D eigenvalue weighted by Crippen LogP contribution is -1.97. The first-order chi connectivity index (χ1) is 9.27. The zero-order valence-corrected chi connectivity index (χ0v) is 10.6. The van der Waals surface area contributed by atoms with Gasteiger partial charge >= 0.3 is 0 Å². The van der Waals surface area contributed by atoms with E-state index in [4.69, 9.17) is 11.6 Å². The Morgan fingerprint density at radius 1 is 0.842 bits per heavy atom. The molecule has 0 unspecified atom stereocenters. The first-order valence-corrected chi connectivity index (χ1v) is 6.37. The topological polar surface area (TPSA) is 30.0 Å². The Kier molecular flexibility index (Phi) is 2.06. The number of nitrogens with zero attached hydrogens (tertiary/aromatic N) is 1. The number of hydrogen-bond donors (Lipinski definition) is 0. The number of aromatic nitrogens is 1. The Morgan fingerprint density at radius 3 is 2.37 bits per heavy atom. The average Bonchev–Trinajstić information content (AvgIpc) is 2.74. The lowest BCUT2D eigenvalue weighted by molar-refractivity contribution is 0.104. The monoisotopic (exact) mass is 265 g/mol. The average molecular weight is 266 g/mol. The fraction of sp³-hybridized carbons (Fsp3) is 0. The van der Waals surface area contributed by atoms with Gasteiger partial charge < -0.3 is 0 Å². The van der Waals surface area contributed by atoms with Crippen LogP contribution >= 0.6 is 11.6 Å². The number of hydrogen-bond acceptors (Lipinski definition) is 2. The maximum Gasteiger partial charge on any atom is 0.197 e. The molecule has 3 aromatic rings. The van der Waals surface area contributed by atoms with Crippen LogP contribution in [0.1, 0.15) is 15.9 Å². The van der Waals surface area contributed by atoms with E-state index in [-0.39, 0.29) is 10.9 Å². The van der Waals surface area contributed by atoms with E-state index in [9.17, 15) is 4.79 Å². The fourth-order valence-corrected chi connectivity index (χ4v) is 2.97. The molecule has 0 fully saturated rings. The van der Waals surface area contributed by atoms with Crippen LogP contribution in [0.5, 0.6) is 0 Å². The predicted octanol–water partition coefficient (Wildman–Crippen LogP) is 4.10. The van der Waals surface area contributed by atoms with Gasteiger partial charge in [-0.05, 0) is 11.6 Å². The zero-order valence-electron chi connectivity index (χ0n) is 9.85. The second kappa shape index (κ2) is 3.65. The number of ketones is 1. The van der Waals surface area contributed by atoms with Gasteiger partial charge in [-0.25, -0.2) is 4.98 Å². The van der Waals surface area contributed by atoms with Gasteiger partial charge in [0.1, 0.15) is 5.15 Å². The number of fused-ring (bicyclic) bond motifs is 5. The molecule has 3 heteroatoms. The third kappa shape index (κ3) is 1.32. The molecular weight excluding hydrogens is 258 g/mol. The summed E-state index contributed by atoms with van der Waals surface area (Å²) in [5.74, 6) is -0.0335. The molecule has 1 heterocycles. The second-order valence-electron chi connectivity index (χ2n) is 4.54. The van der Waals surface area contributed by atoms with Crippen LogP contribution in [0, 0.1) is 0 Å². The molecule has 0 aliphatic heterocycles. The number of pyridine rings is 1. The van der Waals surface area contributed by atoms with Crippen molar-refractivity contribution in [2.75, 3.05) is 0 Å². The number of rotatable bonds is 0. The van der Waals surface area contributed by atoms with Crippen molar-refractivity contribution in [1.82, 2.24) is 4.98 Å². The van der Waals surface area contributed by atoms with Crippen LogP contribution in [0.3, 0.4) is 0 Å². The summed E-state index contributed by atoms with van der Waals surface area (Å²) in [6.45, 7) is 0. The van der Waals surface area contributed by atoms with Gasteiger partial charge in [0, 0.05) is 16.5 Å². The summed E-state index contributed by atoms with van der Waals surface area (Å²) in [4.78, 5) is 16.8. The molecule has 1 aromatic heterocycles. The predicted molar refractivity (Wildman–Crippen MR) is 75.6 cm³/mol. The SMILES string of the molecule is O=C1c2ccccc2-c2c1c(Cl)nc1ccccc21. The number of carbonyl (C=O) groups excluding carboxylic acids is 1. The quantitative estimate of drug-likeness (QED) is 0.448. The van der Waals surface area contributed by atoms with Gasteiger partial charge in [0.25, 0.3) is 0 Å². The van der Waals surface area contributed by atoms with E-state index in [2.05, 4.69) is 4.98 Å². The summed E-state index contributed by atoms with van der Waals surface area (Å²) in [5.41, 5.74) is 3.91. The molecule has 0 bridgehead atoms. The highest BCUT2D eigenvalue weighted by atomic mass is 35.5. The highest BCUT2D eigenvalue weighted by Crippen LogP contribution is 2.43. The van der Waals surface area contributed by atoms with E-state index in [0.717, 1.165) is 22.0 Å². The van der Waals surface area contributed by atoms with Crippen LogP contribution in [0.4, 0.5) is 0 Å². The molecule has 2 aromatic carbocycles. The lowest BCUT2D eigenvalue weighted by atomic mass is 10.0. The molecule has 0 amide bonds. The van der Waals surface area contributed by atoms with Gasteiger partial charge in [0.15, 0.2) is 5.78 Å². The lowest BCUT2D eigenvalue weighted by Gasteiger charge is -2.06. The van der Waals surface area contributed by atoms with Crippen molar-refractivity contribution in [2.24, 2.45) is 0 Å². The summed E-state index contributed by atoms with van der Waals surface area (Å²) in [5, 5.41) is 1.26. The highest BCUT2D eigenvalue weighted by Gasteiger charge is 2.31. The van der Waals surface area contributed by atoms with Gasteiger partial charge in [-0.3, -0.25) is 4.79 Å². The van der Waals surface area contributed by atoms with Crippen LogP contribution in [0.25, 0.3) is 22.0 Å². The summed E-state index contributed by atoms with van der Waals surface area (Å²) >= 11 is 6.20. The summed E-state index contributed by atoms with van der Waals surface area (Å²) in [6, 6.07) is 15.4. The minimum Gasteiger partial charge on any atom is -0.288 e. The molecule has 90 valence electrons. The van der Waals surface area contributed by atoms with Crippen LogP contribution in [0.15, 0.2) is 48.5 Å². The molecule has 0 radical (unpaired) electrons. The van der Waals surface area contributed by atoms with Crippen molar-refractivity contribution in [3.05, 3.63) is 64.8 Å². The maximum absolute atomic E-state index is 12.4. The molecule has 4 rings (SSSR count). The van der Waals surface area contributed by atoms with Crippen molar-refractivity contribution < 1.29 is 4.79 Å². The smallest absolute Gasteiger partial charge is 0.197 e. The molecule has 0 atom stereocenters. The zero-order chi connectivity index (χ0) is 13.0. The first kappa shape index (κ1) is 10.7. The number of benzene rings is 2. The van der Waals surface area contributed by atoms with Gasteiger partial charge in [0.05, 0.1) is 11.1 Å². The number of halogens is 1. The summed E-state index contributed by atoms with van der Waals surface area (Å²) < 4.78 is 0. The Hall–Kier alpha value is -2.19. The number of para-hydroxylation sites is 1. The molecule has 0 saturated heterocycles. The Morgan fingerprint density at radius 2 is 1.53 bits per heavy atom. The van der Waals surface area contributed by atoms with Crippen LogP contribution in [0.2, 0.25) is 5.15 Å². The van der Waals surface area contributed by atoms with E-state index >= 15 is 0 Å². The van der Waals surface area contributed by atoms with E-state index < -0.39 is 0 Å². The van der Waals surface area contributed by atoms with Crippen LogP contribution in [-0.2, 0) is 0 Å². The molecular formula is C16H8ClNO. The Labute approximate surface area is 114 Å². The van der Waals surface area contributed by atoms with E-state index in [1.54, 1.807) is 0 Å². The molecule has 1 aliphatic rings. The fourth-order valence-electron chi connectivity index (χ4n) is 2.70. The van der Waals surface area contributed by atoms with E-state index in [1.807, 2.05) is 48.5 Å². The standard InChI is InChI=1S/C16H8ClNO/c17-16-14-13(11-7-3-4-8-12(11)18-16)9-5-1-2-6-10(9)15(14)19/h1-8H. The minimum atomic E-state index is -0.0335. The van der Waals surface area contributed by atoms with E-state index in [0.29, 0.717) is 11.1 Å². The minimum absolute atomic E-state index is 0.0335. The van der Waals surface area contributed by atoms with E-state index in [1.165, 1.54) is 0 Å². The maximum atomic E-state index is 12.4. The van der Waals surface area contributed by atoms with Crippen LogP contribution < -0.4 is 0 Å². The normalized spacial score (nSPS) is 12.6. The Bertz CT molecular complexity index is 854.